The molecule has 0 bridgehead atoms. The zero-order valence-electron chi connectivity index (χ0n) is 23.7. The van der Waals surface area contributed by atoms with Gasteiger partial charge < -0.3 is 18.8 Å². The van der Waals surface area contributed by atoms with Crippen LogP contribution in [0.15, 0.2) is 60.7 Å². The molecule has 0 N–H and O–H groups in total. The number of carbonyl (C=O) groups is 2. The third-order valence-corrected chi connectivity index (χ3v) is 7.54. The lowest BCUT2D eigenvalue weighted by Gasteiger charge is -2.22. The summed E-state index contributed by atoms with van der Waals surface area (Å²) in [4.78, 5) is 25.6. The molecule has 0 aliphatic carbocycles. The second-order valence-electron chi connectivity index (χ2n) is 10.3. The fourth-order valence-electron chi connectivity index (χ4n) is 4.45. The van der Waals surface area contributed by atoms with Gasteiger partial charge in [0.05, 0.1) is 25.4 Å². The number of benzene rings is 3. The lowest BCUT2D eigenvalue weighted by atomic mass is 9.78. The lowest BCUT2D eigenvalue weighted by molar-refractivity contribution is -0.145. The Hall–Kier alpha value is -3.83. The first-order valence-corrected chi connectivity index (χ1v) is 15.3. The number of carbonyl (C=O) groups excluding carboxylic acids is 2. The Morgan fingerprint density at radius 3 is 2.24 bits per heavy atom. The molecule has 3 aromatic carbocycles. The molecule has 0 spiro atoms. The Morgan fingerprint density at radius 1 is 0.902 bits per heavy atom. The van der Waals surface area contributed by atoms with E-state index in [9.17, 15) is 18.0 Å². The van der Waals surface area contributed by atoms with Crippen molar-refractivity contribution in [2.45, 2.75) is 26.9 Å². The Bertz CT molecular complexity index is 1490. The van der Waals surface area contributed by atoms with Crippen molar-refractivity contribution in [3.63, 3.8) is 0 Å². The van der Waals surface area contributed by atoms with E-state index in [1.165, 1.54) is 11.2 Å². The van der Waals surface area contributed by atoms with E-state index in [0.717, 1.165) is 33.6 Å². The van der Waals surface area contributed by atoms with Crippen molar-refractivity contribution >= 4 is 34.4 Å². The van der Waals surface area contributed by atoms with Gasteiger partial charge in [-0.1, -0.05) is 30.3 Å². The van der Waals surface area contributed by atoms with E-state index < -0.39 is 28.9 Å². The second-order valence-corrected chi connectivity index (χ2v) is 12.6. The highest BCUT2D eigenvalue weighted by Crippen LogP contribution is 2.31. The van der Waals surface area contributed by atoms with Crippen LogP contribution in [0.4, 0.5) is 0 Å². The average Bonchev–Trinajstić information content (AvgIpc) is 2.90. The molecule has 9 nitrogen and oxygen atoms in total. The van der Waals surface area contributed by atoms with Gasteiger partial charge in [-0.25, -0.2) is 8.42 Å². The molecular formula is C30H34BNO8S. The van der Waals surface area contributed by atoms with Crippen LogP contribution in [0.25, 0.3) is 11.1 Å². The van der Waals surface area contributed by atoms with E-state index in [4.69, 9.17) is 18.8 Å². The molecule has 1 aliphatic heterocycles. The topological polar surface area (TPSA) is 108 Å². The summed E-state index contributed by atoms with van der Waals surface area (Å²) in [6, 6.07) is 19.1. The summed E-state index contributed by atoms with van der Waals surface area (Å²) in [7, 11) is -2.45. The fraction of sp³-hybridized carbons (Fsp3) is 0.333. The van der Waals surface area contributed by atoms with Gasteiger partial charge in [-0.15, -0.1) is 0 Å². The Labute approximate surface area is 241 Å². The standard InChI is InChI=1S/C30H34BNO8S/c1-21-16-28(37-13-6-14-41(4,35)36)22(2)15-27(21)24-8-5-7-23(17-24)20-38-26-11-9-25(10-12-26)31-39-29(33)18-32(3)19-30(34)40-31/h5,7-12,15-17H,6,13-14,18-20H2,1-4H3. The van der Waals surface area contributed by atoms with Gasteiger partial charge in [0.15, 0.2) is 0 Å². The Morgan fingerprint density at radius 2 is 1.59 bits per heavy atom. The summed E-state index contributed by atoms with van der Waals surface area (Å²) in [5, 5.41) is 0. The molecule has 0 atom stereocenters. The molecule has 0 radical (unpaired) electrons. The minimum atomic E-state index is -3.00. The van der Waals surface area contributed by atoms with Crippen LogP contribution in [0, 0.1) is 13.8 Å². The van der Waals surface area contributed by atoms with Crippen LogP contribution in [0.3, 0.4) is 0 Å². The van der Waals surface area contributed by atoms with Crippen molar-refractivity contribution in [1.29, 1.82) is 0 Å². The molecule has 216 valence electrons. The van der Waals surface area contributed by atoms with Gasteiger partial charge in [-0.3, -0.25) is 14.5 Å². The van der Waals surface area contributed by atoms with Crippen molar-refractivity contribution in [1.82, 2.24) is 4.90 Å². The first kappa shape index (κ1) is 30.1. The highest BCUT2D eigenvalue weighted by Gasteiger charge is 2.33. The largest absolute Gasteiger partial charge is 0.636 e. The summed E-state index contributed by atoms with van der Waals surface area (Å²) in [5.74, 6) is 0.529. The van der Waals surface area contributed by atoms with Crippen LogP contribution >= 0.6 is 0 Å². The van der Waals surface area contributed by atoms with Crippen LogP contribution < -0.4 is 14.9 Å². The molecule has 11 heteroatoms. The smallest absolute Gasteiger partial charge is 0.494 e. The third kappa shape index (κ3) is 8.83. The van der Waals surface area contributed by atoms with Crippen molar-refractivity contribution in [3.05, 3.63) is 77.4 Å². The average molecular weight is 579 g/mol. The van der Waals surface area contributed by atoms with E-state index in [2.05, 4.69) is 12.1 Å². The molecular weight excluding hydrogens is 545 g/mol. The maximum Gasteiger partial charge on any atom is 0.636 e. The predicted molar refractivity (Wildman–Crippen MR) is 157 cm³/mol. The normalized spacial score (nSPS) is 14.6. The van der Waals surface area contributed by atoms with Gasteiger partial charge in [0, 0.05) is 11.7 Å². The second kappa shape index (κ2) is 13.2. The molecule has 1 fully saturated rings. The SMILES string of the molecule is Cc1cc(-c2cccc(COc3ccc(B4OC(=O)CN(C)CC(=O)O4)cc3)c2)c(C)cc1OCCCS(C)(=O)=O. The lowest BCUT2D eigenvalue weighted by Crippen LogP contribution is -2.47. The first-order valence-electron chi connectivity index (χ1n) is 13.3. The predicted octanol–water partition coefficient (Wildman–Crippen LogP) is 3.09. The minimum absolute atomic E-state index is 0.0101. The minimum Gasteiger partial charge on any atom is -0.494 e. The first-order chi connectivity index (χ1) is 19.5. The summed E-state index contributed by atoms with van der Waals surface area (Å²) >= 11 is 0. The van der Waals surface area contributed by atoms with Crippen LogP contribution in [0.5, 0.6) is 11.5 Å². The van der Waals surface area contributed by atoms with E-state index in [-0.39, 0.29) is 18.8 Å². The number of likely N-dealkylation sites (N-methyl/N-ethyl adjacent to an activating group) is 1. The number of rotatable bonds is 10. The summed E-state index contributed by atoms with van der Waals surface area (Å²) in [6.45, 7) is 4.70. The van der Waals surface area contributed by atoms with Crippen LogP contribution in [0.2, 0.25) is 0 Å². The molecule has 4 rings (SSSR count). The summed E-state index contributed by atoms with van der Waals surface area (Å²) in [6.07, 6.45) is 1.67. The van der Waals surface area contributed by atoms with E-state index in [1.54, 1.807) is 31.3 Å². The van der Waals surface area contributed by atoms with Gasteiger partial charge in [-0.05, 0) is 85.5 Å². The molecule has 0 unspecified atom stereocenters. The monoisotopic (exact) mass is 579 g/mol. The highest BCUT2D eigenvalue weighted by atomic mass is 32.2. The number of hydrogen-bond acceptors (Lipinski definition) is 9. The van der Waals surface area contributed by atoms with Gasteiger partial charge in [0.25, 0.3) is 0 Å². The number of sulfone groups is 1. The van der Waals surface area contributed by atoms with E-state index >= 15 is 0 Å². The van der Waals surface area contributed by atoms with Crippen molar-refractivity contribution in [3.8, 4) is 22.6 Å². The summed E-state index contributed by atoms with van der Waals surface area (Å²) in [5.41, 5.74) is 5.66. The van der Waals surface area contributed by atoms with Crippen molar-refractivity contribution in [2.24, 2.45) is 0 Å². The summed E-state index contributed by atoms with van der Waals surface area (Å²) < 4.78 is 45.2. The maximum atomic E-state index is 12.0. The van der Waals surface area contributed by atoms with Crippen LogP contribution in [0.1, 0.15) is 23.1 Å². The Balaban J connectivity index is 1.38. The molecule has 1 aliphatic rings. The molecule has 3 aromatic rings. The Kier molecular flexibility index (Phi) is 9.72. The molecule has 0 aromatic heterocycles. The maximum absolute atomic E-state index is 12.0. The van der Waals surface area contributed by atoms with E-state index in [1.807, 2.05) is 38.1 Å². The van der Waals surface area contributed by atoms with Crippen molar-refractivity contribution in [2.75, 3.05) is 38.8 Å². The van der Waals surface area contributed by atoms with Gasteiger partial charge in [-0.2, -0.15) is 0 Å². The van der Waals surface area contributed by atoms with Crippen LogP contribution in [-0.4, -0.2) is 71.1 Å². The fourth-order valence-corrected chi connectivity index (χ4v) is 5.09. The quantitative estimate of drug-likeness (QED) is 0.265. The molecule has 41 heavy (non-hydrogen) atoms. The third-order valence-electron chi connectivity index (χ3n) is 6.51. The van der Waals surface area contributed by atoms with Crippen LogP contribution in [-0.2, 0) is 35.3 Å². The van der Waals surface area contributed by atoms with Crippen molar-refractivity contribution < 1.29 is 36.8 Å². The highest BCUT2D eigenvalue weighted by molar-refractivity contribution is 7.90. The molecule has 0 amide bonds. The molecule has 1 saturated heterocycles. The van der Waals surface area contributed by atoms with Gasteiger partial charge in [0.2, 0.25) is 0 Å². The number of aryl methyl sites for hydroxylation is 2. The van der Waals surface area contributed by atoms with E-state index in [0.29, 0.717) is 30.8 Å². The molecule has 0 saturated carbocycles. The molecule has 1 heterocycles. The zero-order valence-corrected chi connectivity index (χ0v) is 24.5. The zero-order chi connectivity index (χ0) is 29.6. The van der Waals surface area contributed by atoms with Gasteiger partial charge in [0.1, 0.15) is 27.9 Å². The number of hydrogen-bond donors (Lipinski definition) is 0. The van der Waals surface area contributed by atoms with Gasteiger partial charge >= 0.3 is 19.1 Å². The number of ether oxygens (including phenoxy) is 2. The number of nitrogens with zero attached hydrogens (tertiary/aromatic N) is 1.